The lowest BCUT2D eigenvalue weighted by Crippen LogP contribution is -2.56. The summed E-state index contributed by atoms with van der Waals surface area (Å²) in [6.45, 7) is 14.4. The standard InChI is InChI=1S/C16H32N2O2/c1-5-11-17-12-9-16(10-13-17,18(6-2)7-3)14-15(19)20-8-4/h5-14H2,1-4H3. The Kier molecular flexibility index (Phi) is 7.52. The van der Waals surface area contributed by atoms with E-state index in [9.17, 15) is 4.79 Å². The van der Waals surface area contributed by atoms with Crippen molar-refractivity contribution in [3.63, 3.8) is 0 Å². The number of esters is 1. The molecule has 4 heteroatoms. The van der Waals surface area contributed by atoms with Gasteiger partial charge in [0.05, 0.1) is 13.0 Å². The summed E-state index contributed by atoms with van der Waals surface area (Å²) in [4.78, 5) is 17.0. The van der Waals surface area contributed by atoms with Crippen molar-refractivity contribution in [2.45, 2.75) is 58.9 Å². The number of ether oxygens (including phenoxy) is 1. The van der Waals surface area contributed by atoms with Gasteiger partial charge in [-0.15, -0.1) is 0 Å². The van der Waals surface area contributed by atoms with Crippen LogP contribution in [0.5, 0.6) is 0 Å². The predicted molar refractivity (Wildman–Crippen MR) is 82.9 cm³/mol. The fourth-order valence-corrected chi connectivity index (χ4v) is 3.49. The maximum atomic E-state index is 12.0. The summed E-state index contributed by atoms with van der Waals surface area (Å²) in [5.74, 6) is -0.0386. The number of rotatable bonds is 8. The van der Waals surface area contributed by atoms with Crippen LogP contribution in [0.25, 0.3) is 0 Å². The highest BCUT2D eigenvalue weighted by Gasteiger charge is 2.40. The van der Waals surface area contributed by atoms with Crippen molar-refractivity contribution in [3.8, 4) is 0 Å². The zero-order valence-electron chi connectivity index (χ0n) is 13.8. The maximum Gasteiger partial charge on any atom is 0.307 e. The fourth-order valence-electron chi connectivity index (χ4n) is 3.49. The van der Waals surface area contributed by atoms with E-state index in [1.165, 1.54) is 13.0 Å². The third kappa shape index (κ3) is 4.45. The molecule has 0 bridgehead atoms. The van der Waals surface area contributed by atoms with Crippen LogP contribution in [0.4, 0.5) is 0 Å². The van der Waals surface area contributed by atoms with Gasteiger partial charge in [-0.05, 0) is 58.9 Å². The first-order valence-electron chi connectivity index (χ1n) is 8.24. The van der Waals surface area contributed by atoms with E-state index in [1.807, 2.05) is 6.92 Å². The first kappa shape index (κ1) is 17.4. The molecule has 4 nitrogen and oxygen atoms in total. The van der Waals surface area contributed by atoms with Crippen LogP contribution in [0.3, 0.4) is 0 Å². The molecule has 0 aromatic heterocycles. The molecule has 0 aliphatic carbocycles. The molecule has 0 spiro atoms. The van der Waals surface area contributed by atoms with E-state index in [0.29, 0.717) is 13.0 Å². The number of hydrogen-bond donors (Lipinski definition) is 0. The summed E-state index contributed by atoms with van der Waals surface area (Å²) in [5.41, 5.74) is 0.0139. The molecule has 118 valence electrons. The molecule has 1 saturated heterocycles. The van der Waals surface area contributed by atoms with E-state index in [4.69, 9.17) is 4.74 Å². The molecule has 0 atom stereocenters. The maximum absolute atomic E-state index is 12.0. The molecule has 1 aliphatic rings. The monoisotopic (exact) mass is 284 g/mol. The van der Waals surface area contributed by atoms with Crippen LogP contribution in [0.2, 0.25) is 0 Å². The van der Waals surface area contributed by atoms with Crippen LogP contribution in [0.15, 0.2) is 0 Å². The Labute approximate surface area is 124 Å². The zero-order valence-corrected chi connectivity index (χ0v) is 13.8. The van der Waals surface area contributed by atoms with Gasteiger partial charge in [0.1, 0.15) is 0 Å². The van der Waals surface area contributed by atoms with E-state index in [-0.39, 0.29) is 11.5 Å². The summed E-state index contributed by atoms with van der Waals surface area (Å²) in [7, 11) is 0. The molecule has 1 heterocycles. The minimum atomic E-state index is -0.0386. The van der Waals surface area contributed by atoms with E-state index in [2.05, 4.69) is 30.6 Å². The Bertz CT molecular complexity index is 282. The molecule has 0 aromatic rings. The lowest BCUT2D eigenvalue weighted by molar-refractivity contribution is -0.147. The molecular weight excluding hydrogens is 252 g/mol. The summed E-state index contributed by atoms with van der Waals surface area (Å²) >= 11 is 0. The highest BCUT2D eigenvalue weighted by Crippen LogP contribution is 2.32. The third-order valence-corrected chi connectivity index (χ3v) is 4.54. The number of carbonyl (C=O) groups excluding carboxylic acids is 1. The second kappa shape index (κ2) is 8.63. The first-order valence-corrected chi connectivity index (χ1v) is 8.24. The van der Waals surface area contributed by atoms with Gasteiger partial charge in [-0.3, -0.25) is 9.69 Å². The van der Waals surface area contributed by atoms with Crippen LogP contribution in [0.1, 0.15) is 53.4 Å². The van der Waals surface area contributed by atoms with Gasteiger partial charge in [0, 0.05) is 5.54 Å². The molecule has 0 radical (unpaired) electrons. The number of carbonyl (C=O) groups is 1. The quantitative estimate of drug-likeness (QED) is 0.641. The normalized spacial score (nSPS) is 19.2. The molecule has 0 aromatic carbocycles. The van der Waals surface area contributed by atoms with E-state index >= 15 is 0 Å². The SMILES string of the molecule is CCCN1CCC(CC(=O)OCC)(N(CC)CC)CC1. The average Bonchev–Trinajstić information content (AvgIpc) is 2.43. The number of piperidine rings is 1. The highest BCUT2D eigenvalue weighted by molar-refractivity contribution is 5.71. The second-order valence-corrected chi connectivity index (χ2v) is 5.72. The summed E-state index contributed by atoms with van der Waals surface area (Å²) < 4.78 is 5.20. The van der Waals surface area contributed by atoms with Crippen LogP contribution < -0.4 is 0 Å². The second-order valence-electron chi connectivity index (χ2n) is 5.72. The minimum Gasteiger partial charge on any atom is -0.466 e. The van der Waals surface area contributed by atoms with Crippen molar-refractivity contribution in [3.05, 3.63) is 0 Å². The average molecular weight is 284 g/mol. The van der Waals surface area contributed by atoms with Crippen molar-refractivity contribution >= 4 is 5.97 Å². The Hall–Kier alpha value is -0.610. The topological polar surface area (TPSA) is 32.8 Å². The fraction of sp³-hybridized carbons (Fsp3) is 0.938. The molecule has 0 amide bonds. The van der Waals surface area contributed by atoms with Gasteiger partial charge in [0.15, 0.2) is 0 Å². The van der Waals surface area contributed by atoms with Gasteiger partial charge in [-0.1, -0.05) is 20.8 Å². The Morgan fingerprint density at radius 2 is 1.75 bits per heavy atom. The van der Waals surface area contributed by atoms with Crippen molar-refractivity contribution in [2.24, 2.45) is 0 Å². The summed E-state index contributed by atoms with van der Waals surface area (Å²) in [6, 6.07) is 0. The molecule has 20 heavy (non-hydrogen) atoms. The van der Waals surface area contributed by atoms with E-state index in [1.54, 1.807) is 0 Å². The molecule has 1 fully saturated rings. The lowest BCUT2D eigenvalue weighted by atomic mass is 9.82. The summed E-state index contributed by atoms with van der Waals surface area (Å²) in [5, 5.41) is 0. The largest absolute Gasteiger partial charge is 0.466 e. The van der Waals surface area contributed by atoms with E-state index < -0.39 is 0 Å². The van der Waals surface area contributed by atoms with Gasteiger partial charge >= 0.3 is 5.97 Å². The number of nitrogens with zero attached hydrogens (tertiary/aromatic N) is 2. The number of hydrogen-bond acceptors (Lipinski definition) is 4. The van der Waals surface area contributed by atoms with Gasteiger partial charge in [0.2, 0.25) is 0 Å². The van der Waals surface area contributed by atoms with Crippen molar-refractivity contribution in [1.29, 1.82) is 0 Å². The zero-order chi connectivity index (χ0) is 15.0. The lowest BCUT2D eigenvalue weighted by Gasteiger charge is -2.48. The van der Waals surface area contributed by atoms with Crippen LogP contribution >= 0.6 is 0 Å². The molecular formula is C16H32N2O2. The Balaban J connectivity index is 2.73. The molecule has 0 unspecified atom stereocenters. The number of likely N-dealkylation sites (tertiary alicyclic amines) is 1. The summed E-state index contributed by atoms with van der Waals surface area (Å²) in [6.07, 6.45) is 3.90. The molecule has 0 saturated carbocycles. The smallest absolute Gasteiger partial charge is 0.307 e. The molecule has 1 rings (SSSR count). The van der Waals surface area contributed by atoms with Gasteiger partial charge in [-0.25, -0.2) is 0 Å². The van der Waals surface area contributed by atoms with Gasteiger partial charge < -0.3 is 9.64 Å². The Morgan fingerprint density at radius 3 is 2.20 bits per heavy atom. The van der Waals surface area contributed by atoms with Crippen molar-refractivity contribution < 1.29 is 9.53 Å². The first-order chi connectivity index (χ1) is 9.61. The molecule has 1 aliphatic heterocycles. The van der Waals surface area contributed by atoms with Crippen molar-refractivity contribution in [1.82, 2.24) is 9.80 Å². The van der Waals surface area contributed by atoms with Crippen LogP contribution in [-0.4, -0.2) is 60.6 Å². The van der Waals surface area contributed by atoms with Gasteiger partial charge in [-0.2, -0.15) is 0 Å². The van der Waals surface area contributed by atoms with E-state index in [0.717, 1.165) is 39.0 Å². The molecule has 0 N–H and O–H groups in total. The highest BCUT2D eigenvalue weighted by atomic mass is 16.5. The third-order valence-electron chi connectivity index (χ3n) is 4.54. The minimum absolute atomic E-state index is 0.0139. The van der Waals surface area contributed by atoms with Crippen LogP contribution in [-0.2, 0) is 9.53 Å². The van der Waals surface area contributed by atoms with Crippen molar-refractivity contribution in [2.75, 3.05) is 39.3 Å². The van der Waals surface area contributed by atoms with Crippen LogP contribution in [0, 0.1) is 0 Å². The Morgan fingerprint density at radius 1 is 1.15 bits per heavy atom. The van der Waals surface area contributed by atoms with Gasteiger partial charge in [0.25, 0.3) is 0 Å². The predicted octanol–water partition coefficient (Wildman–Crippen LogP) is 2.53.